The maximum Gasteiger partial charge on any atom is 0.129 e. The fraction of sp³-hybridized carbons (Fsp3) is 0.667. The monoisotopic (exact) mass is 225 g/mol. The average Bonchev–Trinajstić information content (AvgIpc) is 2.86. The Bertz CT molecular complexity index is 304. The van der Waals surface area contributed by atoms with Crippen molar-refractivity contribution in [1.82, 2.24) is 0 Å². The maximum absolute atomic E-state index is 6.20. The van der Waals surface area contributed by atoms with Crippen molar-refractivity contribution in [3.8, 4) is 5.75 Å². The van der Waals surface area contributed by atoms with Gasteiger partial charge < -0.3 is 10.5 Å². The molecule has 15 heavy (non-hydrogen) atoms. The largest absolute Gasteiger partial charge is 0.496 e. The fourth-order valence-electron chi connectivity index (χ4n) is 2.36. The molecular formula is C12H19NOS. The molecule has 0 radical (unpaired) electrons. The number of hydrogen-bond acceptors (Lipinski definition) is 3. The van der Waals surface area contributed by atoms with Gasteiger partial charge in [0.2, 0.25) is 0 Å². The SMILES string of the molecule is COc1csc(C(N)CC2CCCC2)c1. The van der Waals surface area contributed by atoms with E-state index in [1.54, 1.807) is 18.4 Å². The first-order valence-electron chi connectivity index (χ1n) is 5.67. The van der Waals surface area contributed by atoms with E-state index in [1.807, 2.05) is 5.38 Å². The van der Waals surface area contributed by atoms with Crippen LogP contribution < -0.4 is 10.5 Å². The van der Waals surface area contributed by atoms with Crippen LogP contribution in [-0.4, -0.2) is 7.11 Å². The third kappa shape index (κ3) is 2.73. The lowest BCUT2D eigenvalue weighted by Gasteiger charge is -2.14. The second-order valence-corrected chi connectivity index (χ2v) is 5.32. The third-order valence-corrected chi connectivity index (χ3v) is 4.30. The second kappa shape index (κ2) is 4.99. The molecule has 0 amide bonds. The lowest BCUT2D eigenvalue weighted by molar-refractivity contribution is 0.415. The summed E-state index contributed by atoms with van der Waals surface area (Å²) in [4.78, 5) is 1.26. The number of thiophene rings is 1. The van der Waals surface area contributed by atoms with Crippen molar-refractivity contribution in [2.45, 2.75) is 38.1 Å². The number of rotatable bonds is 4. The summed E-state index contributed by atoms with van der Waals surface area (Å²) < 4.78 is 5.17. The van der Waals surface area contributed by atoms with Gasteiger partial charge in [0, 0.05) is 16.3 Å². The van der Waals surface area contributed by atoms with Crippen molar-refractivity contribution in [2.75, 3.05) is 7.11 Å². The summed E-state index contributed by atoms with van der Waals surface area (Å²) in [6.45, 7) is 0. The van der Waals surface area contributed by atoms with Gasteiger partial charge in [-0.05, 0) is 18.4 Å². The highest BCUT2D eigenvalue weighted by atomic mass is 32.1. The van der Waals surface area contributed by atoms with E-state index in [2.05, 4.69) is 6.07 Å². The fourth-order valence-corrected chi connectivity index (χ4v) is 3.23. The molecule has 1 saturated carbocycles. The Hall–Kier alpha value is -0.540. The number of hydrogen-bond donors (Lipinski definition) is 1. The minimum absolute atomic E-state index is 0.210. The first kappa shape index (κ1) is 11.0. The predicted molar refractivity (Wildman–Crippen MR) is 64.4 cm³/mol. The molecule has 1 fully saturated rings. The molecule has 1 aromatic rings. The van der Waals surface area contributed by atoms with E-state index in [0.29, 0.717) is 0 Å². The first-order valence-corrected chi connectivity index (χ1v) is 6.55. The molecule has 0 aromatic carbocycles. The molecule has 2 nitrogen and oxygen atoms in total. The molecule has 1 unspecified atom stereocenters. The van der Waals surface area contributed by atoms with Crippen molar-refractivity contribution in [3.05, 3.63) is 16.3 Å². The van der Waals surface area contributed by atoms with Crippen molar-refractivity contribution in [1.29, 1.82) is 0 Å². The Labute approximate surface area is 95.4 Å². The van der Waals surface area contributed by atoms with E-state index in [0.717, 1.165) is 18.1 Å². The summed E-state index contributed by atoms with van der Waals surface area (Å²) in [5.74, 6) is 1.80. The Morgan fingerprint density at radius 1 is 1.53 bits per heavy atom. The first-order chi connectivity index (χ1) is 7.29. The summed E-state index contributed by atoms with van der Waals surface area (Å²) in [6.07, 6.45) is 6.67. The van der Waals surface area contributed by atoms with E-state index in [-0.39, 0.29) is 6.04 Å². The molecule has 1 aromatic heterocycles. The van der Waals surface area contributed by atoms with Crippen LogP contribution in [0.5, 0.6) is 5.75 Å². The zero-order chi connectivity index (χ0) is 10.7. The Morgan fingerprint density at radius 2 is 2.27 bits per heavy atom. The normalized spacial score (nSPS) is 19.3. The van der Waals surface area contributed by atoms with Gasteiger partial charge in [0.05, 0.1) is 7.11 Å². The standard InChI is InChI=1S/C12H19NOS/c1-14-10-7-12(15-8-10)11(13)6-9-4-2-3-5-9/h7-9,11H,2-6,13H2,1H3. The summed E-state index contributed by atoms with van der Waals surface area (Å²) >= 11 is 1.72. The van der Waals surface area contributed by atoms with Gasteiger partial charge in [-0.3, -0.25) is 0 Å². The molecule has 0 spiro atoms. The Morgan fingerprint density at radius 3 is 2.87 bits per heavy atom. The highest BCUT2D eigenvalue weighted by molar-refractivity contribution is 7.10. The van der Waals surface area contributed by atoms with Gasteiger partial charge in [0.15, 0.2) is 0 Å². The van der Waals surface area contributed by atoms with Crippen molar-refractivity contribution < 1.29 is 4.74 Å². The van der Waals surface area contributed by atoms with Crippen LogP contribution in [0.4, 0.5) is 0 Å². The highest BCUT2D eigenvalue weighted by Gasteiger charge is 2.19. The molecule has 84 valence electrons. The second-order valence-electron chi connectivity index (χ2n) is 4.38. The quantitative estimate of drug-likeness (QED) is 0.853. The number of nitrogens with two attached hydrogens (primary N) is 1. The minimum Gasteiger partial charge on any atom is -0.496 e. The lowest BCUT2D eigenvalue weighted by Crippen LogP contribution is -2.12. The molecule has 0 saturated heterocycles. The van der Waals surface area contributed by atoms with E-state index in [4.69, 9.17) is 10.5 Å². The van der Waals surface area contributed by atoms with Crippen LogP contribution in [0.2, 0.25) is 0 Å². The van der Waals surface area contributed by atoms with Gasteiger partial charge in [-0.2, -0.15) is 0 Å². The van der Waals surface area contributed by atoms with Gasteiger partial charge in [-0.25, -0.2) is 0 Å². The molecule has 1 atom stereocenters. The summed E-state index contributed by atoms with van der Waals surface area (Å²) in [6, 6.07) is 2.28. The molecule has 1 heterocycles. The van der Waals surface area contributed by atoms with Crippen LogP contribution in [0, 0.1) is 5.92 Å². The topological polar surface area (TPSA) is 35.2 Å². The predicted octanol–water partition coefficient (Wildman–Crippen LogP) is 3.34. The number of ether oxygens (including phenoxy) is 1. The van der Waals surface area contributed by atoms with E-state index in [1.165, 1.54) is 30.6 Å². The van der Waals surface area contributed by atoms with Crippen LogP contribution in [-0.2, 0) is 0 Å². The molecular weight excluding hydrogens is 206 g/mol. The van der Waals surface area contributed by atoms with Crippen LogP contribution in [0.1, 0.15) is 43.0 Å². The molecule has 1 aliphatic carbocycles. The molecule has 1 aliphatic rings. The zero-order valence-electron chi connectivity index (χ0n) is 9.24. The highest BCUT2D eigenvalue weighted by Crippen LogP contribution is 2.34. The molecule has 2 N–H and O–H groups in total. The average molecular weight is 225 g/mol. The van der Waals surface area contributed by atoms with Gasteiger partial charge >= 0.3 is 0 Å². The minimum atomic E-state index is 0.210. The smallest absolute Gasteiger partial charge is 0.129 e. The summed E-state index contributed by atoms with van der Waals surface area (Å²) in [5.41, 5.74) is 6.20. The van der Waals surface area contributed by atoms with Gasteiger partial charge in [-0.1, -0.05) is 25.7 Å². The van der Waals surface area contributed by atoms with Gasteiger partial charge in [0.25, 0.3) is 0 Å². The summed E-state index contributed by atoms with van der Waals surface area (Å²) in [7, 11) is 1.70. The molecule has 2 rings (SSSR count). The van der Waals surface area contributed by atoms with Crippen molar-refractivity contribution in [3.63, 3.8) is 0 Å². The third-order valence-electron chi connectivity index (χ3n) is 3.26. The van der Waals surface area contributed by atoms with E-state index >= 15 is 0 Å². The Kier molecular flexibility index (Phi) is 3.65. The van der Waals surface area contributed by atoms with Crippen molar-refractivity contribution in [2.24, 2.45) is 11.7 Å². The molecule has 0 bridgehead atoms. The molecule has 3 heteroatoms. The zero-order valence-corrected chi connectivity index (χ0v) is 10.1. The van der Waals surface area contributed by atoms with Crippen molar-refractivity contribution >= 4 is 11.3 Å². The molecule has 0 aliphatic heterocycles. The van der Waals surface area contributed by atoms with Crippen LogP contribution in [0.25, 0.3) is 0 Å². The number of methoxy groups -OCH3 is 1. The van der Waals surface area contributed by atoms with Crippen LogP contribution in [0.3, 0.4) is 0 Å². The van der Waals surface area contributed by atoms with Crippen LogP contribution in [0.15, 0.2) is 11.4 Å². The van der Waals surface area contributed by atoms with Crippen LogP contribution >= 0.6 is 11.3 Å². The Balaban J connectivity index is 1.91. The summed E-state index contributed by atoms with van der Waals surface area (Å²) in [5, 5.41) is 2.03. The van der Waals surface area contributed by atoms with Gasteiger partial charge in [-0.15, -0.1) is 11.3 Å². The maximum atomic E-state index is 6.20. The lowest BCUT2D eigenvalue weighted by atomic mass is 9.98. The van der Waals surface area contributed by atoms with E-state index in [9.17, 15) is 0 Å². The van der Waals surface area contributed by atoms with E-state index < -0.39 is 0 Å². The van der Waals surface area contributed by atoms with Gasteiger partial charge in [0.1, 0.15) is 5.75 Å².